The van der Waals surface area contributed by atoms with Gasteiger partial charge in [-0.05, 0) is 48.9 Å². The van der Waals surface area contributed by atoms with Gasteiger partial charge in [0.1, 0.15) is 17.2 Å². The molecule has 0 radical (unpaired) electrons. The van der Waals surface area contributed by atoms with Gasteiger partial charge in [0, 0.05) is 11.1 Å². The monoisotopic (exact) mass is 378 g/mol. The Labute approximate surface area is 163 Å². The van der Waals surface area contributed by atoms with Crippen molar-refractivity contribution < 1.29 is 14.6 Å². The second-order valence-corrected chi connectivity index (χ2v) is 6.15. The van der Waals surface area contributed by atoms with E-state index in [0.29, 0.717) is 17.9 Å². The number of amides is 1. The van der Waals surface area contributed by atoms with Crippen LogP contribution in [0.15, 0.2) is 59.7 Å². The number of H-pyrrole nitrogens is 1. The number of nitrogens with one attached hydrogen (secondary N) is 2. The van der Waals surface area contributed by atoms with Crippen molar-refractivity contribution in [2.45, 2.75) is 19.8 Å². The van der Waals surface area contributed by atoms with Crippen LogP contribution in [0.3, 0.4) is 0 Å². The Balaban J connectivity index is 1.60. The number of aromatic amines is 1. The number of hydrogen-bond acceptors (Lipinski definition) is 5. The van der Waals surface area contributed by atoms with Crippen molar-refractivity contribution in [3.05, 3.63) is 65.9 Å². The number of phenols is 1. The molecule has 0 aliphatic rings. The van der Waals surface area contributed by atoms with Gasteiger partial charge in [0.05, 0.1) is 18.5 Å². The highest BCUT2D eigenvalue weighted by Crippen LogP contribution is 2.21. The van der Waals surface area contributed by atoms with Gasteiger partial charge in [0.2, 0.25) is 0 Å². The van der Waals surface area contributed by atoms with Crippen LogP contribution in [-0.2, 0) is 0 Å². The fourth-order valence-corrected chi connectivity index (χ4v) is 2.46. The molecule has 7 heteroatoms. The molecule has 144 valence electrons. The minimum Gasteiger partial charge on any atom is -0.507 e. The first kappa shape index (κ1) is 19.2. The molecule has 7 nitrogen and oxygen atoms in total. The zero-order valence-electron chi connectivity index (χ0n) is 15.6. The number of carbonyl (C=O) groups is 1. The van der Waals surface area contributed by atoms with E-state index in [1.54, 1.807) is 30.3 Å². The molecule has 3 rings (SSSR count). The minimum atomic E-state index is -0.426. The molecule has 28 heavy (non-hydrogen) atoms. The maximum atomic E-state index is 12.2. The Hall–Kier alpha value is -3.61. The van der Waals surface area contributed by atoms with Crippen molar-refractivity contribution >= 4 is 12.1 Å². The Morgan fingerprint density at radius 2 is 2.04 bits per heavy atom. The van der Waals surface area contributed by atoms with Gasteiger partial charge in [0.25, 0.3) is 5.91 Å². The van der Waals surface area contributed by atoms with Crippen LogP contribution in [0.5, 0.6) is 11.5 Å². The predicted molar refractivity (Wildman–Crippen MR) is 108 cm³/mol. The lowest BCUT2D eigenvalue weighted by Gasteiger charge is -2.05. The van der Waals surface area contributed by atoms with Crippen molar-refractivity contribution in [1.82, 2.24) is 15.6 Å². The number of aromatic nitrogens is 2. The molecular formula is C21H22N4O3. The highest BCUT2D eigenvalue weighted by atomic mass is 16.5. The fraction of sp³-hybridized carbons (Fsp3) is 0.190. The van der Waals surface area contributed by atoms with Crippen molar-refractivity contribution in [1.29, 1.82) is 0 Å². The quantitative estimate of drug-likeness (QED) is 0.316. The summed E-state index contributed by atoms with van der Waals surface area (Å²) in [5.74, 6) is 0.473. The van der Waals surface area contributed by atoms with Crippen molar-refractivity contribution in [3.63, 3.8) is 0 Å². The van der Waals surface area contributed by atoms with E-state index in [1.807, 2.05) is 24.3 Å². The number of rotatable bonds is 8. The summed E-state index contributed by atoms with van der Waals surface area (Å²) < 4.78 is 5.64. The van der Waals surface area contributed by atoms with Gasteiger partial charge in [-0.15, -0.1) is 0 Å². The summed E-state index contributed by atoms with van der Waals surface area (Å²) >= 11 is 0. The van der Waals surface area contributed by atoms with Crippen LogP contribution >= 0.6 is 0 Å². The molecule has 0 saturated carbocycles. The van der Waals surface area contributed by atoms with Crippen LogP contribution in [0.1, 0.15) is 35.8 Å². The Kier molecular flexibility index (Phi) is 6.41. The highest BCUT2D eigenvalue weighted by Gasteiger charge is 2.10. The Morgan fingerprint density at radius 1 is 1.25 bits per heavy atom. The number of ether oxygens (including phenoxy) is 1. The molecule has 0 atom stereocenters. The second kappa shape index (κ2) is 9.36. The van der Waals surface area contributed by atoms with Gasteiger partial charge in [-0.25, -0.2) is 5.43 Å². The van der Waals surface area contributed by atoms with Crippen LogP contribution in [0.4, 0.5) is 0 Å². The standard InChI is InChI=1S/C21H22N4O3/c1-2-3-12-28-17-10-8-15(9-11-17)18-13-19(24-23-18)21(27)25-22-14-16-6-4-5-7-20(16)26/h4-11,13-14,26H,2-3,12H2,1H3,(H,23,24)(H,25,27). The fourth-order valence-electron chi connectivity index (χ4n) is 2.46. The lowest BCUT2D eigenvalue weighted by Crippen LogP contribution is -2.18. The first-order valence-electron chi connectivity index (χ1n) is 9.07. The number of para-hydroxylation sites is 1. The predicted octanol–water partition coefficient (Wildman–Crippen LogP) is 3.73. The smallest absolute Gasteiger partial charge is 0.289 e. The van der Waals surface area contributed by atoms with Gasteiger partial charge < -0.3 is 9.84 Å². The van der Waals surface area contributed by atoms with E-state index >= 15 is 0 Å². The Bertz CT molecular complexity index is 948. The number of benzene rings is 2. The third kappa shape index (κ3) is 4.97. The van der Waals surface area contributed by atoms with Gasteiger partial charge in [-0.2, -0.15) is 10.2 Å². The number of carbonyl (C=O) groups excluding carboxylic acids is 1. The van der Waals surface area contributed by atoms with Crippen LogP contribution in [-0.4, -0.2) is 34.0 Å². The van der Waals surface area contributed by atoms with Crippen LogP contribution in [0, 0.1) is 0 Å². The molecule has 3 N–H and O–H groups in total. The molecular weight excluding hydrogens is 356 g/mol. The third-order valence-electron chi connectivity index (χ3n) is 4.05. The number of unbranched alkanes of at least 4 members (excludes halogenated alkanes) is 1. The molecule has 0 unspecified atom stereocenters. The van der Waals surface area contributed by atoms with Crippen LogP contribution in [0.2, 0.25) is 0 Å². The second-order valence-electron chi connectivity index (χ2n) is 6.15. The molecule has 1 amide bonds. The molecule has 0 aliphatic carbocycles. The van der Waals surface area contributed by atoms with E-state index in [-0.39, 0.29) is 11.4 Å². The molecule has 0 aliphatic heterocycles. The molecule has 3 aromatic rings. The summed E-state index contributed by atoms with van der Waals surface area (Å²) in [5.41, 5.74) is 4.72. The van der Waals surface area contributed by atoms with Crippen molar-refractivity contribution in [2.24, 2.45) is 5.10 Å². The van der Waals surface area contributed by atoms with E-state index in [1.165, 1.54) is 6.21 Å². The van der Waals surface area contributed by atoms with Crippen LogP contribution < -0.4 is 10.2 Å². The van der Waals surface area contributed by atoms with E-state index < -0.39 is 5.91 Å². The van der Waals surface area contributed by atoms with E-state index in [2.05, 4.69) is 27.6 Å². The summed E-state index contributed by atoms with van der Waals surface area (Å²) in [5, 5.41) is 20.4. The number of phenolic OH excluding ortho intramolecular Hbond substituents is 1. The summed E-state index contributed by atoms with van der Waals surface area (Å²) in [6.45, 7) is 2.82. The van der Waals surface area contributed by atoms with Gasteiger partial charge in [0.15, 0.2) is 0 Å². The number of nitrogens with zero attached hydrogens (tertiary/aromatic N) is 2. The first-order chi connectivity index (χ1) is 13.7. The third-order valence-corrected chi connectivity index (χ3v) is 4.05. The maximum absolute atomic E-state index is 12.2. The molecule has 0 spiro atoms. The van der Waals surface area contributed by atoms with Crippen LogP contribution in [0.25, 0.3) is 11.3 Å². The number of hydrogen-bond donors (Lipinski definition) is 3. The van der Waals surface area contributed by atoms with E-state index in [0.717, 1.165) is 24.2 Å². The van der Waals surface area contributed by atoms with Gasteiger partial charge >= 0.3 is 0 Å². The lowest BCUT2D eigenvalue weighted by atomic mass is 10.1. The largest absolute Gasteiger partial charge is 0.507 e. The van der Waals surface area contributed by atoms with Crippen molar-refractivity contribution in [2.75, 3.05) is 6.61 Å². The van der Waals surface area contributed by atoms with Gasteiger partial charge in [-0.1, -0.05) is 25.5 Å². The number of hydrazone groups is 1. The highest BCUT2D eigenvalue weighted by molar-refractivity contribution is 5.94. The Morgan fingerprint density at radius 3 is 2.79 bits per heavy atom. The molecule has 0 fully saturated rings. The zero-order chi connectivity index (χ0) is 19.8. The number of aromatic hydroxyl groups is 1. The molecule has 1 heterocycles. The average molecular weight is 378 g/mol. The maximum Gasteiger partial charge on any atom is 0.289 e. The van der Waals surface area contributed by atoms with E-state index in [4.69, 9.17) is 4.74 Å². The SMILES string of the molecule is CCCCOc1ccc(-c2cc(C(=O)NN=Cc3ccccc3O)[nH]n2)cc1. The molecule has 1 aromatic heterocycles. The minimum absolute atomic E-state index is 0.0893. The zero-order valence-corrected chi connectivity index (χ0v) is 15.6. The summed E-state index contributed by atoms with van der Waals surface area (Å²) in [4.78, 5) is 12.2. The van der Waals surface area contributed by atoms with Gasteiger partial charge in [-0.3, -0.25) is 9.89 Å². The molecule has 2 aromatic carbocycles. The summed E-state index contributed by atoms with van der Waals surface area (Å²) in [7, 11) is 0. The lowest BCUT2D eigenvalue weighted by molar-refractivity contribution is 0.0950. The topological polar surface area (TPSA) is 99.6 Å². The summed E-state index contributed by atoms with van der Waals surface area (Å²) in [6, 6.07) is 15.9. The average Bonchev–Trinajstić information content (AvgIpc) is 3.20. The van der Waals surface area contributed by atoms with Crippen molar-refractivity contribution in [3.8, 4) is 22.8 Å². The van der Waals surface area contributed by atoms with E-state index in [9.17, 15) is 9.90 Å². The molecule has 0 bridgehead atoms. The summed E-state index contributed by atoms with van der Waals surface area (Å²) in [6.07, 6.45) is 3.49. The first-order valence-corrected chi connectivity index (χ1v) is 9.07. The molecule has 0 saturated heterocycles. The normalized spacial score (nSPS) is 10.9.